The first-order chi connectivity index (χ1) is 23.0. The van der Waals surface area contributed by atoms with Crippen molar-refractivity contribution < 1.29 is 8.83 Å². The van der Waals surface area contributed by atoms with Crippen LogP contribution in [0.5, 0.6) is 0 Å². The van der Waals surface area contributed by atoms with Crippen LogP contribution in [-0.4, -0.2) is 9.97 Å². The lowest BCUT2D eigenvalue weighted by Gasteiger charge is -2.20. The second-order valence-corrected chi connectivity index (χ2v) is 13.0. The Morgan fingerprint density at radius 2 is 1.13 bits per heavy atom. The first-order valence-corrected chi connectivity index (χ1v) is 16.0. The van der Waals surface area contributed by atoms with Crippen molar-refractivity contribution in [1.82, 2.24) is 9.97 Å². The number of pyridine rings is 2. The molecule has 0 saturated heterocycles. The van der Waals surface area contributed by atoms with E-state index in [0.717, 1.165) is 88.8 Å². The average Bonchev–Trinajstić information content (AvgIpc) is 3.76. The van der Waals surface area contributed by atoms with E-state index in [1.165, 1.54) is 11.1 Å². The van der Waals surface area contributed by atoms with Gasteiger partial charge in [0.2, 0.25) is 0 Å². The van der Waals surface area contributed by atoms with Gasteiger partial charge in [-0.1, -0.05) is 111 Å². The van der Waals surface area contributed by atoms with E-state index in [2.05, 4.69) is 111 Å². The monoisotopic (exact) mass is 604 g/mol. The second kappa shape index (κ2) is 9.51. The summed E-state index contributed by atoms with van der Waals surface area (Å²) in [6.45, 7) is 4.50. The number of fused-ring (bicyclic) bond motifs is 10. The number of benzene rings is 5. The predicted octanol–water partition coefficient (Wildman–Crippen LogP) is 11.6. The minimum Gasteiger partial charge on any atom is -0.455 e. The molecule has 0 saturated carbocycles. The number of nitrogens with zero attached hydrogens (tertiary/aromatic N) is 2. The highest BCUT2D eigenvalue weighted by molar-refractivity contribution is 6.25. The van der Waals surface area contributed by atoms with Gasteiger partial charge in [0, 0.05) is 38.9 Å². The Morgan fingerprint density at radius 1 is 0.511 bits per heavy atom. The fraction of sp³-hybridized carbons (Fsp3) is 0.0698. The number of hydrogen-bond donors (Lipinski definition) is 0. The van der Waals surface area contributed by atoms with Crippen LogP contribution in [0.2, 0.25) is 0 Å². The molecular weight excluding hydrogens is 576 g/mol. The minimum atomic E-state index is -0.102. The molecule has 1 aliphatic rings. The van der Waals surface area contributed by atoms with Crippen molar-refractivity contribution in [3.05, 3.63) is 145 Å². The van der Waals surface area contributed by atoms with Crippen LogP contribution in [0.1, 0.15) is 25.0 Å². The van der Waals surface area contributed by atoms with Gasteiger partial charge in [0.05, 0.1) is 22.5 Å². The molecule has 0 radical (unpaired) electrons. The van der Waals surface area contributed by atoms with E-state index in [0.29, 0.717) is 0 Å². The number of rotatable bonds is 3. The lowest BCUT2D eigenvalue weighted by atomic mass is 9.83. The third kappa shape index (κ3) is 3.76. The fourth-order valence-corrected chi connectivity index (χ4v) is 7.50. The molecule has 222 valence electrons. The molecule has 0 amide bonds. The zero-order valence-corrected chi connectivity index (χ0v) is 25.9. The molecule has 47 heavy (non-hydrogen) atoms. The first-order valence-electron chi connectivity index (χ1n) is 16.0. The molecular formula is C43H28N2O2. The maximum atomic E-state index is 6.50. The summed E-state index contributed by atoms with van der Waals surface area (Å²) in [5, 5.41) is 4.28. The molecule has 0 atom stereocenters. The van der Waals surface area contributed by atoms with Gasteiger partial charge in [-0.05, 0) is 58.1 Å². The summed E-state index contributed by atoms with van der Waals surface area (Å²) in [5.41, 5.74) is 14.3. The summed E-state index contributed by atoms with van der Waals surface area (Å²) >= 11 is 0. The molecule has 10 rings (SSSR count). The molecule has 1 aliphatic carbocycles. The zero-order valence-electron chi connectivity index (χ0n) is 25.9. The van der Waals surface area contributed by atoms with Crippen LogP contribution in [0.4, 0.5) is 0 Å². The molecule has 0 aliphatic heterocycles. The van der Waals surface area contributed by atoms with E-state index in [1.54, 1.807) is 0 Å². The summed E-state index contributed by atoms with van der Waals surface area (Å²) in [6.07, 6.45) is 1.86. The van der Waals surface area contributed by atoms with Gasteiger partial charge in [-0.15, -0.1) is 0 Å². The Labute approximate surface area is 271 Å². The van der Waals surface area contributed by atoms with E-state index in [-0.39, 0.29) is 5.41 Å². The van der Waals surface area contributed by atoms with E-state index in [1.807, 2.05) is 36.5 Å². The number of para-hydroxylation sites is 2. The van der Waals surface area contributed by atoms with Crippen LogP contribution in [-0.2, 0) is 5.41 Å². The Balaban J connectivity index is 1.03. The van der Waals surface area contributed by atoms with Gasteiger partial charge in [0.15, 0.2) is 0 Å². The quantitative estimate of drug-likeness (QED) is 0.201. The minimum absolute atomic E-state index is 0.102. The lowest BCUT2D eigenvalue weighted by molar-refractivity contribution is 0.658. The van der Waals surface area contributed by atoms with E-state index < -0.39 is 0 Å². The molecule has 0 bridgehead atoms. The summed E-state index contributed by atoms with van der Waals surface area (Å²) in [4.78, 5) is 9.80. The summed E-state index contributed by atoms with van der Waals surface area (Å²) < 4.78 is 12.9. The molecule has 0 spiro atoms. The van der Waals surface area contributed by atoms with Gasteiger partial charge in [-0.25, -0.2) is 4.98 Å². The Morgan fingerprint density at radius 3 is 1.89 bits per heavy atom. The molecule has 0 fully saturated rings. The Hall–Kier alpha value is -6.00. The van der Waals surface area contributed by atoms with Crippen LogP contribution in [0, 0.1) is 0 Å². The van der Waals surface area contributed by atoms with Crippen LogP contribution in [0.25, 0.3) is 88.8 Å². The van der Waals surface area contributed by atoms with Gasteiger partial charge >= 0.3 is 0 Å². The lowest BCUT2D eigenvalue weighted by Crippen LogP contribution is -2.15. The smallest absolute Gasteiger partial charge is 0.147 e. The van der Waals surface area contributed by atoms with Crippen LogP contribution in [0.3, 0.4) is 0 Å². The van der Waals surface area contributed by atoms with Crippen LogP contribution < -0.4 is 0 Å². The Bertz CT molecular complexity index is 2690. The van der Waals surface area contributed by atoms with Gasteiger partial charge in [-0.2, -0.15) is 0 Å². The summed E-state index contributed by atoms with van der Waals surface area (Å²) in [6, 6.07) is 44.6. The van der Waals surface area contributed by atoms with Crippen molar-refractivity contribution >= 4 is 43.9 Å². The number of furan rings is 2. The van der Waals surface area contributed by atoms with Crippen molar-refractivity contribution in [3.8, 4) is 44.9 Å². The van der Waals surface area contributed by atoms with E-state index in [4.69, 9.17) is 18.8 Å². The molecule has 5 aromatic carbocycles. The highest BCUT2D eigenvalue weighted by atomic mass is 16.3. The molecule has 4 heterocycles. The zero-order chi connectivity index (χ0) is 31.3. The van der Waals surface area contributed by atoms with Crippen LogP contribution >= 0.6 is 0 Å². The fourth-order valence-electron chi connectivity index (χ4n) is 7.50. The SMILES string of the molecule is CC1(C)c2cccnc2-c2nc(-c3ccc(-c4ccc(-c5cc6c7ccccc7oc6c6c5oc5ccccc56)cc4)cc3)ccc21. The van der Waals surface area contributed by atoms with Gasteiger partial charge in [-0.3, -0.25) is 4.98 Å². The van der Waals surface area contributed by atoms with Crippen molar-refractivity contribution in [2.75, 3.05) is 0 Å². The van der Waals surface area contributed by atoms with Gasteiger partial charge in [0.1, 0.15) is 22.3 Å². The maximum absolute atomic E-state index is 6.50. The van der Waals surface area contributed by atoms with Gasteiger partial charge < -0.3 is 8.83 Å². The number of aromatic nitrogens is 2. The van der Waals surface area contributed by atoms with Crippen molar-refractivity contribution in [2.45, 2.75) is 19.3 Å². The van der Waals surface area contributed by atoms with Crippen molar-refractivity contribution in [2.24, 2.45) is 0 Å². The van der Waals surface area contributed by atoms with Crippen molar-refractivity contribution in [3.63, 3.8) is 0 Å². The van der Waals surface area contributed by atoms with Gasteiger partial charge in [0.25, 0.3) is 0 Å². The highest BCUT2D eigenvalue weighted by Crippen LogP contribution is 2.47. The van der Waals surface area contributed by atoms with E-state index >= 15 is 0 Å². The first kappa shape index (κ1) is 26.2. The van der Waals surface area contributed by atoms with Crippen LogP contribution in [0.15, 0.2) is 142 Å². The number of hydrogen-bond acceptors (Lipinski definition) is 4. The molecule has 4 aromatic heterocycles. The topological polar surface area (TPSA) is 52.1 Å². The largest absolute Gasteiger partial charge is 0.455 e. The van der Waals surface area contributed by atoms with Crippen molar-refractivity contribution in [1.29, 1.82) is 0 Å². The standard InChI is InChI=1S/C43H28N2O2/c1-43(2)33-10-7-23-44-39(33)40-34(43)21-22-35(45-40)28-19-15-26(16-20-28)25-13-17-27(18-14-25)31-24-32-29-8-3-5-11-36(29)46-42(32)38-30-9-4-6-12-37(30)47-41(31)38/h3-24H,1-2H3. The third-order valence-corrected chi connectivity index (χ3v) is 9.97. The summed E-state index contributed by atoms with van der Waals surface area (Å²) in [7, 11) is 0. The maximum Gasteiger partial charge on any atom is 0.147 e. The third-order valence-electron chi connectivity index (χ3n) is 9.97. The predicted molar refractivity (Wildman–Crippen MR) is 190 cm³/mol. The molecule has 4 nitrogen and oxygen atoms in total. The molecule has 0 N–H and O–H groups in total. The Kier molecular flexibility index (Phi) is 5.31. The normalized spacial score (nSPS) is 13.5. The molecule has 0 unspecified atom stereocenters. The molecule has 4 heteroatoms. The van der Waals surface area contributed by atoms with E-state index in [9.17, 15) is 0 Å². The average molecular weight is 605 g/mol. The summed E-state index contributed by atoms with van der Waals surface area (Å²) in [5.74, 6) is 0. The second-order valence-electron chi connectivity index (χ2n) is 13.0. The highest BCUT2D eigenvalue weighted by Gasteiger charge is 2.37. The molecule has 9 aromatic rings.